The van der Waals surface area contributed by atoms with Gasteiger partial charge >= 0.3 is 5.97 Å². The number of nitrogens with one attached hydrogen (secondary N) is 1. The standard InChI is InChI=1S/C19H31N3O3/c1-17(2,3)14(21-10-20)15(23)22-9-11-12(19(11,7)8)13(22)16(24)25-18(4,5)6/h11-14,21H,9H2,1-8H3/t11-,12-,13-,14+/m0/s1. The number of rotatable bonds is 3. The summed E-state index contributed by atoms with van der Waals surface area (Å²) in [5.41, 5.74) is -0.997. The molecule has 6 heteroatoms. The topological polar surface area (TPSA) is 82.4 Å². The van der Waals surface area contributed by atoms with Gasteiger partial charge in [0.2, 0.25) is 5.91 Å². The summed E-state index contributed by atoms with van der Waals surface area (Å²) in [5.74, 6) is -0.123. The summed E-state index contributed by atoms with van der Waals surface area (Å²) in [6.45, 7) is 16.0. The molecule has 1 heterocycles. The molecule has 1 saturated carbocycles. The molecule has 6 nitrogen and oxygen atoms in total. The Hall–Kier alpha value is -1.77. The van der Waals surface area contributed by atoms with Gasteiger partial charge in [-0.15, -0.1) is 0 Å². The Kier molecular flexibility index (Phi) is 4.61. The summed E-state index contributed by atoms with van der Waals surface area (Å²) < 4.78 is 5.60. The Morgan fingerprint density at radius 2 is 1.80 bits per heavy atom. The van der Waals surface area contributed by atoms with Gasteiger partial charge in [-0.25, -0.2) is 4.79 Å². The number of hydrogen-bond acceptors (Lipinski definition) is 5. The number of fused-ring (bicyclic) bond motifs is 1. The first kappa shape index (κ1) is 19.6. The lowest BCUT2D eigenvalue weighted by Gasteiger charge is -2.37. The van der Waals surface area contributed by atoms with Crippen LogP contribution in [-0.2, 0) is 14.3 Å². The molecule has 1 aliphatic heterocycles. The predicted octanol–water partition coefficient (Wildman–Crippen LogP) is 2.30. The van der Waals surface area contributed by atoms with Gasteiger partial charge in [0.05, 0.1) is 0 Å². The highest BCUT2D eigenvalue weighted by Crippen LogP contribution is 2.65. The minimum absolute atomic E-state index is 0.0399. The van der Waals surface area contributed by atoms with Gasteiger partial charge in [0.15, 0.2) is 6.19 Å². The molecule has 0 radical (unpaired) electrons. The number of esters is 1. The molecule has 0 spiro atoms. The number of carbonyl (C=O) groups excluding carboxylic acids is 2. The van der Waals surface area contributed by atoms with Crippen LogP contribution in [0.5, 0.6) is 0 Å². The minimum atomic E-state index is -0.664. The van der Waals surface area contributed by atoms with Crippen molar-refractivity contribution < 1.29 is 14.3 Å². The van der Waals surface area contributed by atoms with E-state index in [1.807, 2.05) is 47.7 Å². The molecule has 0 aromatic rings. The second kappa shape index (κ2) is 5.89. The van der Waals surface area contributed by atoms with Crippen LogP contribution >= 0.6 is 0 Å². The summed E-state index contributed by atoms with van der Waals surface area (Å²) in [7, 11) is 0. The number of ether oxygens (including phenoxy) is 1. The first-order valence-corrected chi connectivity index (χ1v) is 8.90. The van der Waals surface area contributed by atoms with E-state index in [0.29, 0.717) is 12.5 Å². The van der Waals surface area contributed by atoms with Gasteiger partial charge in [0.25, 0.3) is 0 Å². The number of hydrogen-bond donors (Lipinski definition) is 1. The fraction of sp³-hybridized carbons (Fsp3) is 0.842. The third-order valence-electron chi connectivity index (χ3n) is 5.46. The average molecular weight is 349 g/mol. The molecule has 0 aromatic heterocycles. The van der Waals surface area contributed by atoms with Gasteiger partial charge in [-0.2, -0.15) is 5.26 Å². The van der Waals surface area contributed by atoms with E-state index < -0.39 is 23.1 Å². The highest BCUT2D eigenvalue weighted by molar-refractivity contribution is 5.90. The Bertz CT molecular complexity index is 607. The fourth-order valence-electron chi connectivity index (χ4n) is 4.02. The molecule has 1 amide bonds. The van der Waals surface area contributed by atoms with Crippen LogP contribution in [0.3, 0.4) is 0 Å². The molecule has 0 unspecified atom stereocenters. The van der Waals surface area contributed by atoms with Gasteiger partial charge in [-0.05, 0) is 37.5 Å². The smallest absolute Gasteiger partial charge is 0.329 e. The van der Waals surface area contributed by atoms with Crippen molar-refractivity contribution in [3.63, 3.8) is 0 Å². The van der Waals surface area contributed by atoms with Crippen molar-refractivity contribution >= 4 is 11.9 Å². The Balaban J connectivity index is 2.29. The van der Waals surface area contributed by atoms with Crippen molar-refractivity contribution in [2.24, 2.45) is 22.7 Å². The van der Waals surface area contributed by atoms with Crippen LogP contribution in [0.1, 0.15) is 55.4 Å². The molecule has 2 aliphatic rings. The van der Waals surface area contributed by atoms with E-state index >= 15 is 0 Å². The third kappa shape index (κ3) is 3.61. The number of likely N-dealkylation sites (tertiary alicyclic amines) is 1. The van der Waals surface area contributed by atoms with Crippen LogP contribution in [0.2, 0.25) is 0 Å². The summed E-state index contributed by atoms with van der Waals surface area (Å²) in [4.78, 5) is 27.6. The average Bonchev–Trinajstić information content (AvgIpc) is 2.82. The zero-order valence-corrected chi connectivity index (χ0v) is 16.6. The second-order valence-electron chi connectivity index (χ2n) is 9.98. The van der Waals surface area contributed by atoms with Gasteiger partial charge in [0, 0.05) is 12.5 Å². The van der Waals surface area contributed by atoms with Gasteiger partial charge < -0.3 is 15.0 Å². The zero-order chi connectivity index (χ0) is 19.4. The minimum Gasteiger partial charge on any atom is -0.458 e. The maximum absolute atomic E-state index is 13.1. The third-order valence-corrected chi connectivity index (χ3v) is 5.46. The van der Waals surface area contributed by atoms with E-state index in [0.717, 1.165) is 0 Å². The van der Waals surface area contributed by atoms with E-state index in [2.05, 4.69) is 19.2 Å². The second-order valence-corrected chi connectivity index (χ2v) is 9.98. The van der Waals surface area contributed by atoms with Crippen molar-refractivity contribution in [3.8, 4) is 6.19 Å². The summed E-state index contributed by atoms with van der Waals surface area (Å²) >= 11 is 0. The van der Waals surface area contributed by atoms with Crippen LogP contribution in [-0.4, -0.2) is 41.0 Å². The molecular weight excluding hydrogens is 318 g/mol. The zero-order valence-electron chi connectivity index (χ0n) is 16.6. The first-order chi connectivity index (χ1) is 11.2. The molecule has 1 N–H and O–H groups in total. The quantitative estimate of drug-likeness (QED) is 0.480. The van der Waals surface area contributed by atoms with Crippen LogP contribution in [0.25, 0.3) is 0 Å². The van der Waals surface area contributed by atoms with Crippen LogP contribution in [0.4, 0.5) is 0 Å². The largest absolute Gasteiger partial charge is 0.458 e. The summed E-state index contributed by atoms with van der Waals surface area (Å²) in [6, 6.07) is -1.24. The maximum atomic E-state index is 13.1. The lowest BCUT2D eigenvalue weighted by Crippen LogP contribution is -2.56. The highest BCUT2D eigenvalue weighted by atomic mass is 16.6. The molecule has 140 valence electrons. The number of piperidine rings is 1. The highest BCUT2D eigenvalue weighted by Gasteiger charge is 2.70. The van der Waals surface area contributed by atoms with Gasteiger partial charge in [-0.3, -0.25) is 4.79 Å². The number of carbonyl (C=O) groups is 2. The molecule has 4 atom stereocenters. The van der Waals surface area contributed by atoms with Crippen LogP contribution in [0, 0.1) is 34.1 Å². The van der Waals surface area contributed by atoms with Crippen molar-refractivity contribution in [2.45, 2.75) is 73.1 Å². The Labute approximate surface area is 150 Å². The molecule has 2 rings (SSSR count). The van der Waals surface area contributed by atoms with E-state index in [4.69, 9.17) is 10.00 Å². The van der Waals surface area contributed by atoms with Crippen molar-refractivity contribution in [3.05, 3.63) is 0 Å². The number of nitriles is 1. The SMILES string of the molecule is CC(C)(C)OC(=O)[C@@H]1[C@@H]2[C@H](CN1C(=O)[C@@H](NC#N)C(C)(C)C)C2(C)C. The van der Waals surface area contributed by atoms with Gasteiger partial charge in [-0.1, -0.05) is 34.6 Å². The lowest BCUT2D eigenvalue weighted by atomic mass is 9.85. The van der Waals surface area contributed by atoms with E-state index in [1.165, 1.54) is 0 Å². The maximum Gasteiger partial charge on any atom is 0.329 e. The molecule has 25 heavy (non-hydrogen) atoms. The fourth-order valence-corrected chi connectivity index (χ4v) is 4.02. The van der Waals surface area contributed by atoms with Crippen molar-refractivity contribution in [1.82, 2.24) is 10.2 Å². The van der Waals surface area contributed by atoms with Crippen LogP contribution in [0.15, 0.2) is 0 Å². The van der Waals surface area contributed by atoms with Crippen LogP contribution < -0.4 is 5.32 Å². The Morgan fingerprint density at radius 3 is 2.24 bits per heavy atom. The van der Waals surface area contributed by atoms with Crippen molar-refractivity contribution in [2.75, 3.05) is 6.54 Å². The monoisotopic (exact) mass is 349 g/mol. The number of amides is 1. The number of nitrogens with zero attached hydrogens (tertiary/aromatic N) is 2. The van der Waals surface area contributed by atoms with E-state index in [-0.39, 0.29) is 23.2 Å². The summed E-state index contributed by atoms with van der Waals surface area (Å²) in [6.07, 6.45) is 1.89. The lowest BCUT2D eigenvalue weighted by molar-refractivity contribution is -0.166. The summed E-state index contributed by atoms with van der Waals surface area (Å²) in [5, 5.41) is 11.7. The molecule has 2 fully saturated rings. The normalized spacial score (nSPS) is 28.6. The molecular formula is C19H31N3O3. The van der Waals surface area contributed by atoms with Crippen molar-refractivity contribution in [1.29, 1.82) is 5.26 Å². The van der Waals surface area contributed by atoms with E-state index in [9.17, 15) is 9.59 Å². The Morgan fingerprint density at radius 1 is 1.24 bits per heavy atom. The molecule has 0 bridgehead atoms. The first-order valence-electron chi connectivity index (χ1n) is 8.90. The van der Waals surface area contributed by atoms with E-state index in [1.54, 1.807) is 4.90 Å². The van der Waals surface area contributed by atoms with Gasteiger partial charge in [0.1, 0.15) is 17.7 Å². The molecule has 1 saturated heterocycles. The molecule has 0 aromatic carbocycles. The predicted molar refractivity (Wildman–Crippen MR) is 94.1 cm³/mol. The molecule has 1 aliphatic carbocycles.